The van der Waals surface area contributed by atoms with Crippen LogP contribution in [-0.2, 0) is 18.4 Å². The summed E-state index contributed by atoms with van der Waals surface area (Å²) >= 11 is 0. The number of amides is 1. The zero-order valence-electron chi connectivity index (χ0n) is 18.5. The van der Waals surface area contributed by atoms with Crippen molar-refractivity contribution in [2.45, 2.75) is 20.4 Å². The van der Waals surface area contributed by atoms with E-state index in [1.54, 1.807) is 24.3 Å². The third-order valence-corrected chi connectivity index (χ3v) is 5.14. The molecule has 0 spiro atoms. The Bertz CT molecular complexity index is 1440. The number of ether oxygens (including phenoxy) is 1. The van der Waals surface area contributed by atoms with Crippen LogP contribution in [0.5, 0.6) is 5.75 Å². The summed E-state index contributed by atoms with van der Waals surface area (Å²) < 4.78 is 7.50. The first-order valence-corrected chi connectivity index (χ1v) is 10.4. The first-order valence-electron chi connectivity index (χ1n) is 10.4. The van der Waals surface area contributed by atoms with Crippen LogP contribution < -0.4 is 21.3 Å². The number of benzene rings is 2. The summed E-state index contributed by atoms with van der Waals surface area (Å²) in [4.78, 5) is 47.1. The maximum absolute atomic E-state index is 13.0. The van der Waals surface area contributed by atoms with Gasteiger partial charge in [-0.05, 0) is 38.1 Å². The number of rotatable bonds is 6. The molecule has 2 aromatic heterocycles. The average Bonchev–Trinajstić information content (AvgIpc) is 2.82. The second kappa shape index (κ2) is 9.07. The van der Waals surface area contributed by atoms with Gasteiger partial charge in [-0.2, -0.15) is 0 Å². The molecule has 0 radical (unpaired) electrons. The molecule has 0 bridgehead atoms. The van der Waals surface area contributed by atoms with E-state index in [4.69, 9.17) is 4.74 Å². The summed E-state index contributed by atoms with van der Waals surface area (Å²) in [6.07, 6.45) is 1.39. The Morgan fingerprint density at radius 3 is 2.42 bits per heavy atom. The molecule has 1 amide bonds. The molecular formula is C24H23N5O4. The minimum absolute atomic E-state index is 0.154. The molecule has 9 heteroatoms. The maximum Gasteiger partial charge on any atom is 0.332 e. The number of hydrogen-bond acceptors (Lipinski definition) is 6. The molecule has 168 valence electrons. The molecule has 1 N–H and O–H groups in total. The Kier molecular flexibility index (Phi) is 6.03. The van der Waals surface area contributed by atoms with Crippen LogP contribution in [0, 0.1) is 6.92 Å². The molecule has 9 nitrogen and oxygen atoms in total. The fraction of sp³-hybridized carbons (Fsp3) is 0.208. The van der Waals surface area contributed by atoms with Crippen LogP contribution in [0.3, 0.4) is 0 Å². The Morgan fingerprint density at radius 2 is 1.76 bits per heavy atom. The summed E-state index contributed by atoms with van der Waals surface area (Å²) in [6, 6.07) is 14.4. The lowest BCUT2D eigenvalue weighted by atomic mass is 10.1. The highest BCUT2D eigenvalue weighted by molar-refractivity contribution is 5.90. The molecule has 0 aliphatic heterocycles. The molecule has 33 heavy (non-hydrogen) atoms. The van der Waals surface area contributed by atoms with E-state index in [0.717, 1.165) is 15.7 Å². The zero-order valence-corrected chi connectivity index (χ0v) is 18.5. The molecule has 2 heterocycles. The highest BCUT2D eigenvalue weighted by Gasteiger charge is 2.16. The highest BCUT2D eigenvalue weighted by Crippen LogP contribution is 2.17. The summed E-state index contributed by atoms with van der Waals surface area (Å²) in [6.45, 7) is 3.96. The standard InChI is InChI=1S/C24H23N5O4/c1-4-33-18-11-9-17(10-12-18)26-20(30)14-29-23(31)19-13-25-21(16-7-5-15(2)6-8-16)27-22(19)28(3)24(29)32/h5-13H,4,14H2,1-3H3,(H,26,30). The molecule has 0 saturated carbocycles. The van der Waals surface area contributed by atoms with E-state index >= 15 is 0 Å². The number of aromatic nitrogens is 4. The predicted molar refractivity (Wildman–Crippen MR) is 125 cm³/mol. The second-order valence-electron chi connectivity index (χ2n) is 7.54. The summed E-state index contributed by atoms with van der Waals surface area (Å²) in [5.41, 5.74) is 1.35. The van der Waals surface area contributed by atoms with Crippen molar-refractivity contribution in [1.82, 2.24) is 19.1 Å². The average molecular weight is 445 g/mol. The third kappa shape index (κ3) is 4.52. The Labute approximate surface area is 189 Å². The van der Waals surface area contributed by atoms with Crippen LogP contribution in [-0.4, -0.2) is 31.6 Å². The van der Waals surface area contributed by atoms with Gasteiger partial charge in [0.15, 0.2) is 11.5 Å². The molecule has 0 aliphatic carbocycles. The number of nitrogens with one attached hydrogen (secondary N) is 1. The molecule has 0 unspecified atom stereocenters. The normalized spacial score (nSPS) is 10.9. The van der Waals surface area contributed by atoms with Crippen LogP contribution >= 0.6 is 0 Å². The largest absolute Gasteiger partial charge is 0.494 e. The summed E-state index contributed by atoms with van der Waals surface area (Å²) in [7, 11) is 1.51. The lowest BCUT2D eigenvalue weighted by molar-refractivity contribution is -0.116. The molecule has 0 aliphatic rings. The lowest BCUT2D eigenvalue weighted by Crippen LogP contribution is -2.42. The maximum atomic E-state index is 13.0. The minimum Gasteiger partial charge on any atom is -0.494 e. The fourth-order valence-electron chi connectivity index (χ4n) is 3.41. The van der Waals surface area contributed by atoms with Crippen LogP contribution in [0.1, 0.15) is 12.5 Å². The fourth-order valence-corrected chi connectivity index (χ4v) is 3.41. The molecule has 0 atom stereocenters. The van der Waals surface area contributed by atoms with Gasteiger partial charge < -0.3 is 10.1 Å². The van der Waals surface area contributed by atoms with E-state index in [1.807, 2.05) is 38.1 Å². The van der Waals surface area contributed by atoms with Crippen molar-refractivity contribution in [1.29, 1.82) is 0 Å². The number of carbonyl (C=O) groups is 1. The number of anilines is 1. The molecule has 2 aromatic carbocycles. The zero-order chi connectivity index (χ0) is 23.5. The second-order valence-corrected chi connectivity index (χ2v) is 7.54. The molecule has 4 aromatic rings. The van der Waals surface area contributed by atoms with Crippen molar-refractivity contribution in [3.05, 3.63) is 81.1 Å². The molecule has 4 rings (SSSR count). The smallest absolute Gasteiger partial charge is 0.332 e. The van der Waals surface area contributed by atoms with Gasteiger partial charge in [-0.15, -0.1) is 0 Å². The number of fused-ring (bicyclic) bond motifs is 1. The van der Waals surface area contributed by atoms with Crippen LogP contribution in [0.2, 0.25) is 0 Å². The first kappa shape index (κ1) is 21.9. The van der Waals surface area contributed by atoms with E-state index < -0.39 is 23.7 Å². The monoisotopic (exact) mass is 445 g/mol. The van der Waals surface area contributed by atoms with E-state index in [1.165, 1.54) is 17.8 Å². The van der Waals surface area contributed by atoms with Crippen LogP contribution in [0.25, 0.3) is 22.4 Å². The van der Waals surface area contributed by atoms with Gasteiger partial charge >= 0.3 is 5.69 Å². The van der Waals surface area contributed by atoms with E-state index in [9.17, 15) is 14.4 Å². The van der Waals surface area contributed by atoms with Gasteiger partial charge in [0.25, 0.3) is 5.56 Å². The van der Waals surface area contributed by atoms with Crippen molar-refractivity contribution >= 4 is 22.6 Å². The Morgan fingerprint density at radius 1 is 1.06 bits per heavy atom. The van der Waals surface area contributed by atoms with Gasteiger partial charge in [-0.1, -0.05) is 29.8 Å². The van der Waals surface area contributed by atoms with Gasteiger partial charge in [-0.25, -0.2) is 14.8 Å². The minimum atomic E-state index is -0.636. The molecular weight excluding hydrogens is 422 g/mol. The molecule has 0 fully saturated rings. The SMILES string of the molecule is CCOc1ccc(NC(=O)Cn2c(=O)c3cnc(-c4ccc(C)cc4)nc3n(C)c2=O)cc1. The topological polar surface area (TPSA) is 108 Å². The summed E-state index contributed by atoms with van der Waals surface area (Å²) in [5, 5.41) is 2.84. The van der Waals surface area contributed by atoms with Gasteiger partial charge in [0, 0.05) is 24.5 Å². The van der Waals surface area contributed by atoms with Crippen LogP contribution in [0.4, 0.5) is 5.69 Å². The summed E-state index contributed by atoms with van der Waals surface area (Å²) in [5.74, 6) is 0.581. The predicted octanol–water partition coefficient (Wildman–Crippen LogP) is 2.50. The van der Waals surface area contributed by atoms with Gasteiger partial charge in [0.1, 0.15) is 17.7 Å². The Balaban J connectivity index is 1.63. The van der Waals surface area contributed by atoms with Gasteiger partial charge in [-0.3, -0.25) is 18.7 Å². The highest BCUT2D eigenvalue weighted by atomic mass is 16.5. The number of aryl methyl sites for hydroxylation is 2. The third-order valence-electron chi connectivity index (χ3n) is 5.14. The van der Waals surface area contributed by atoms with E-state index in [2.05, 4.69) is 15.3 Å². The van der Waals surface area contributed by atoms with Crippen LogP contribution in [0.15, 0.2) is 64.3 Å². The number of carbonyl (C=O) groups excluding carboxylic acids is 1. The van der Waals surface area contributed by atoms with E-state index in [-0.39, 0.29) is 11.0 Å². The number of hydrogen-bond donors (Lipinski definition) is 1. The lowest BCUT2D eigenvalue weighted by Gasteiger charge is -2.11. The van der Waals surface area contributed by atoms with Gasteiger partial charge in [0.2, 0.25) is 5.91 Å². The van der Waals surface area contributed by atoms with E-state index in [0.29, 0.717) is 23.9 Å². The molecule has 0 saturated heterocycles. The van der Waals surface area contributed by atoms with Crippen molar-refractivity contribution in [3.8, 4) is 17.1 Å². The first-order chi connectivity index (χ1) is 15.9. The quantitative estimate of drug-likeness (QED) is 0.489. The Hall–Kier alpha value is -4.27. The van der Waals surface area contributed by atoms with Crippen molar-refractivity contribution in [2.24, 2.45) is 7.05 Å². The van der Waals surface area contributed by atoms with Gasteiger partial charge in [0.05, 0.1) is 6.61 Å². The van der Waals surface area contributed by atoms with Crippen molar-refractivity contribution < 1.29 is 9.53 Å². The van der Waals surface area contributed by atoms with Crippen molar-refractivity contribution in [2.75, 3.05) is 11.9 Å². The number of nitrogens with zero attached hydrogens (tertiary/aromatic N) is 4. The van der Waals surface area contributed by atoms with Crippen molar-refractivity contribution in [3.63, 3.8) is 0 Å².